The number of anilines is 2. The fourth-order valence-corrected chi connectivity index (χ4v) is 3.04. The highest BCUT2D eigenvalue weighted by atomic mass is 35.5. The standard InChI is InChI=1S/C12H19N3O3S.ClH/c1-3-15(4-2)19(17,18)9-12(16)14-11-8-6-5-7-10(11)13;/h5-8H,3-4,9,13H2,1-2H3,(H,14,16);1H. The summed E-state index contributed by atoms with van der Waals surface area (Å²) in [5.41, 5.74) is 6.49. The first-order valence-electron chi connectivity index (χ1n) is 6.02. The number of carbonyl (C=O) groups excluding carboxylic acids is 1. The average Bonchev–Trinajstić information content (AvgIpc) is 2.32. The maximum absolute atomic E-state index is 11.9. The molecule has 1 aromatic rings. The first kappa shape index (κ1) is 18.7. The second-order valence-corrected chi connectivity index (χ2v) is 5.94. The fraction of sp³-hybridized carbons (Fsp3) is 0.417. The Kier molecular flexibility index (Phi) is 7.55. The van der Waals surface area contributed by atoms with E-state index < -0.39 is 21.7 Å². The number of hydrogen-bond acceptors (Lipinski definition) is 4. The Labute approximate surface area is 125 Å². The monoisotopic (exact) mass is 321 g/mol. The minimum absolute atomic E-state index is 0. The summed E-state index contributed by atoms with van der Waals surface area (Å²) in [5, 5.41) is 2.50. The summed E-state index contributed by atoms with van der Waals surface area (Å²) in [4.78, 5) is 11.7. The largest absolute Gasteiger partial charge is 0.397 e. The molecule has 0 saturated heterocycles. The number of nitrogens with zero attached hydrogens (tertiary/aromatic N) is 1. The van der Waals surface area contributed by atoms with Crippen molar-refractivity contribution in [2.45, 2.75) is 13.8 Å². The molecular weight excluding hydrogens is 302 g/mol. The molecule has 114 valence electrons. The number of sulfonamides is 1. The smallest absolute Gasteiger partial charge is 0.241 e. The molecule has 3 N–H and O–H groups in total. The van der Waals surface area contributed by atoms with Crippen molar-refractivity contribution in [1.29, 1.82) is 0 Å². The van der Waals surface area contributed by atoms with E-state index in [1.807, 2.05) is 0 Å². The Balaban J connectivity index is 0.00000361. The molecular formula is C12H20ClN3O3S. The van der Waals surface area contributed by atoms with Gasteiger partial charge >= 0.3 is 0 Å². The van der Waals surface area contributed by atoms with Gasteiger partial charge in [-0.15, -0.1) is 12.4 Å². The van der Waals surface area contributed by atoms with Crippen LogP contribution in [-0.4, -0.2) is 37.5 Å². The summed E-state index contributed by atoms with van der Waals surface area (Å²) in [6, 6.07) is 6.70. The molecule has 1 aromatic carbocycles. The van der Waals surface area contributed by atoms with Gasteiger partial charge in [-0.1, -0.05) is 26.0 Å². The lowest BCUT2D eigenvalue weighted by molar-refractivity contribution is -0.113. The molecule has 0 bridgehead atoms. The van der Waals surface area contributed by atoms with E-state index in [1.165, 1.54) is 4.31 Å². The van der Waals surface area contributed by atoms with E-state index in [4.69, 9.17) is 5.73 Å². The first-order chi connectivity index (χ1) is 8.90. The second kappa shape index (κ2) is 8.08. The fourth-order valence-electron chi connectivity index (χ4n) is 1.67. The highest BCUT2D eigenvalue weighted by Gasteiger charge is 2.22. The maximum atomic E-state index is 11.9. The van der Waals surface area contributed by atoms with Gasteiger partial charge in [0.15, 0.2) is 0 Å². The predicted molar refractivity (Wildman–Crippen MR) is 83.4 cm³/mol. The summed E-state index contributed by atoms with van der Waals surface area (Å²) in [7, 11) is -3.57. The lowest BCUT2D eigenvalue weighted by Gasteiger charge is -2.18. The van der Waals surface area contributed by atoms with Crippen LogP contribution in [-0.2, 0) is 14.8 Å². The quantitative estimate of drug-likeness (QED) is 0.772. The Morgan fingerprint density at radius 2 is 1.80 bits per heavy atom. The van der Waals surface area contributed by atoms with Gasteiger partial charge in [0, 0.05) is 13.1 Å². The summed E-state index contributed by atoms with van der Waals surface area (Å²) in [6.45, 7) is 4.15. The van der Waals surface area contributed by atoms with Crippen LogP contribution >= 0.6 is 12.4 Å². The Hall–Kier alpha value is -1.31. The second-order valence-electron chi connectivity index (χ2n) is 3.98. The van der Waals surface area contributed by atoms with Gasteiger partial charge in [0.1, 0.15) is 5.75 Å². The van der Waals surface area contributed by atoms with Crippen LogP contribution in [0.5, 0.6) is 0 Å². The number of nitrogens with two attached hydrogens (primary N) is 1. The zero-order valence-electron chi connectivity index (χ0n) is 11.5. The zero-order valence-corrected chi connectivity index (χ0v) is 13.1. The van der Waals surface area contributed by atoms with Gasteiger partial charge in [-0.3, -0.25) is 4.79 Å². The summed E-state index contributed by atoms with van der Waals surface area (Å²) >= 11 is 0. The number of amides is 1. The van der Waals surface area contributed by atoms with E-state index in [1.54, 1.807) is 38.1 Å². The zero-order chi connectivity index (χ0) is 14.5. The van der Waals surface area contributed by atoms with Gasteiger partial charge in [-0.25, -0.2) is 12.7 Å². The normalized spacial score (nSPS) is 10.9. The Morgan fingerprint density at radius 1 is 1.25 bits per heavy atom. The van der Waals surface area contributed by atoms with Gasteiger partial charge in [0.05, 0.1) is 11.4 Å². The predicted octanol–water partition coefficient (Wildman–Crippen LogP) is 1.30. The molecule has 0 atom stereocenters. The molecule has 1 rings (SSSR count). The highest BCUT2D eigenvalue weighted by Crippen LogP contribution is 2.16. The number of nitrogens with one attached hydrogen (secondary N) is 1. The molecule has 0 spiro atoms. The van der Waals surface area contributed by atoms with Gasteiger partial charge in [-0.2, -0.15) is 0 Å². The van der Waals surface area contributed by atoms with E-state index in [-0.39, 0.29) is 12.4 Å². The van der Waals surface area contributed by atoms with Crippen LogP contribution in [0.25, 0.3) is 0 Å². The number of nitrogen functional groups attached to an aromatic ring is 1. The van der Waals surface area contributed by atoms with E-state index >= 15 is 0 Å². The number of para-hydroxylation sites is 2. The SMILES string of the molecule is CCN(CC)S(=O)(=O)CC(=O)Nc1ccccc1N.Cl. The van der Waals surface area contributed by atoms with Crippen molar-refractivity contribution in [1.82, 2.24) is 4.31 Å². The molecule has 1 amide bonds. The molecule has 0 aliphatic carbocycles. The van der Waals surface area contributed by atoms with Crippen molar-refractivity contribution in [2.24, 2.45) is 0 Å². The number of rotatable bonds is 6. The Bertz CT molecular complexity index is 545. The molecule has 0 unspecified atom stereocenters. The summed E-state index contributed by atoms with van der Waals surface area (Å²) in [6.07, 6.45) is 0. The number of hydrogen-bond donors (Lipinski definition) is 2. The molecule has 6 nitrogen and oxygen atoms in total. The summed E-state index contributed by atoms with van der Waals surface area (Å²) < 4.78 is 25.1. The lowest BCUT2D eigenvalue weighted by atomic mass is 10.3. The van der Waals surface area contributed by atoms with E-state index in [2.05, 4.69) is 5.32 Å². The van der Waals surface area contributed by atoms with Crippen LogP contribution in [0.4, 0.5) is 11.4 Å². The molecule has 0 aliphatic rings. The number of carbonyl (C=O) groups is 1. The van der Waals surface area contributed by atoms with Crippen LogP contribution in [0.3, 0.4) is 0 Å². The van der Waals surface area contributed by atoms with Crippen molar-refractivity contribution < 1.29 is 13.2 Å². The number of halogens is 1. The van der Waals surface area contributed by atoms with E-state index in [0.717, 1.165) is 0 Å². The maximum Gasteiger partial charge on any atom is 0.241 e. The molecule has 0 aromatic heterocycles. The van der Waals surface area contributed by atoms with Crippen molar-refractivity contribution in [2.75, 3.05) is 29.9 Å². The molecule has 8 heteroatoms. The third-order valence-corrected chi connectivity index (χ3v) is 4.58. The van der Waals surface area contributed by atoms with Crippen LogP contribution in [0.15, 0.2) is 24.3 Å². The molecule has 0 aliphatic heterocycles. The molecule has 0 radical (unpaired) electrons. The lowest BCUT2D eigenvalue weighted by Crippen LogP contribution is -2.37. The highest BCUT2D eigenvalue weighted by molar-refractivity contribution is 7.89. The van der Waals surface area contributed by atoms with Gasteiger partial charge in [0.2, 0.25) is 15.9 Å². The van der Waals surface area contributed by atoms with Crippen LogP contribution in [0.1, 0.15) is 13.8 Å². The third-order valence-electron chi connectivity index (χ3n) is 2.65. The summed E-state index contributed by atoms with van der Waals surface area (Å²) in [5.74, 6) is -1.17. The molecule has 0 fully saturated rings. The first-order valence-corrected chi connectivity index (χ1v) is 7.63. The minimum atomic E-state index is -3.57. The Morgan fingerprint density at radius 3 is 2.30 bits per heavy atom. The van der Waals surface area contributed by atoms with Crippen molar-refractivity contribution >= 4 is 39.7 Å². The van der Waals surface area contributed by atoms with Gasteiger partial charge in [0.25, 0.3) is 0 Å². The van der Waals surface area contributed by atoms with Crippen molar-refractivity contribution in [3.63, 3.8) is 0 Å². The van der Waals surface area contributed by atoms with Gasteiger partial charge in [-0.05, 0) is 12.1 Å². The van der Waals surface area contributed by atoms with E-state index in [9.17, 15) is 13.2 Å². The molecule has 20 heavy (non-hydrogen) atoms. The average molecular weight is 322 g/mol. The van der Waals surface area contributed by atoms with Crippen LogP contribution in [0.2, 0.25) is 0 Å². The number of benzene rings is 1. The van der Waals surface area contributed by atoms with Crippen LogP contribution < -0.4 is 11.1 Å². The minimum Gasteiger partial charge on any atom is -0.397 e. The topological polar surface area (TPSA) is 92.5 Å². The van der Waals surface area contributed by atoms with Crippen molar-refractivity contribution in [3.05, 3.63) is 24.3 Å². The van der Waals surface area contributed by atoms with Crippen LogP contribution in [0, 0.1) is 0 Å². The van der Waals surface area contributed by atoms with E-state index in [0.29, 0.717) is 24.5 Å². The molecule has 0 heterocycles. The molecule has 0 saturated carbocycles. The van der Waals surface area contributed by atoms with Crippen molar-refractivity contribution in [3.8, 4) is 0 Å². The third kappa shape index (κ3) is 4.99. The van der Waals surface area contributed by atoms with Gasteiger partial charge < -0.3 is 11.1 Å².